The van der Waals surface area contributed by atoms with Crippen molar-refractivity contribution in [2.75, 3.05) is 0 Å². The molecule has 0 spiro atoms. The number of aryl methyl sites for hydroxylation is 1. The summed E-state index contributed by atoms with van der Waals surface area (Å²) in [7, 11) is 0. The van der Waals surface area contributed by atoms with Gasteiger partial charge in [0.2, 0.25) is 0 Å². The van der Waals surface area contributed by atoms with E-state index in [1.54, 1.807) is 11.3 Å². The SMILES string of the molecule is Cc1nc(Cn2ncc(CNC(C)C)c2C)cs1. The molecule has 5 heteroatoms. The second-order valence-corrected chi connectivity index (χ2v) is 5.87. The van der Waals surface area contributed by atoms with Crippen molar-refractivity contribution in [1.29, 1.82) is 0 Å². The lowest BCUT2D eigenvalue weighted by atomic mass is 10.2. The molecule has 2 heterocycles. The molecule has 0 radical (unpaired) electrons. The molecule has 0 saturated heterocycles. The zero-order valence-corrected chi connectivity index (χ0v) is 12.2. The van der Waals surface area contributed by atoms with Gasteiger partial charge in [-0.05, 0) is 13.8 Å². The Kier molecular flexibility index (Phi) is 4.14. The molecule has 0 amide bonds. The van der Waals surface area contributed by atoms with Crippen LogP contribution in [0.25, 0.3) is 0 Å². The lowest BCUT2D eigenvalue weighted by Crippen LogP contribution is -2.22. The van der Waals surface area contributed by atoms with Gasteiger partial charge in [-0.25, -0.2) is 4.98 Å². The first kappa shape index (κ1) is 13.2. The fraction of sp³-hybridized carbons (Fsp3) is 0.538. The zero-order valence-electron chi connectivity index (χ0n) is 11.4. The molecular weight excluding hydrogens is 244 g/mol. The summed E-state index contributed by atoms with van der Waals surface area (Å²) in [5.41, 5.74) is 3.57. The molecule has 0 aliphatic heterocycles. The van der Waals surface area contributed by atoms with Crippen molar-refractivity contribution in [3.05, 3.63) is 33.5 Å². The monoisotopic (exact) mass is 264 g/mol. The third-order valence-electron chi connectivity index (χ3n) is 2.88. The smallest absolute Gasteiger partial charge is 0.0898 e. The van der Waals surface area contributed by atoms with Gasteiger partial charge in [0, 0.05) is 29.2 Å². The Morgan fingerprint density at radius 2 is 2.17 bits per heavy atom. The van der Waals surface area contributed by atoms with Gasteiger partial charge in [0.05, 0.1) is 23.4 Å². The van der Waals surface area contributed by atoms with Gasteiger partial charge in [-0.3, -0.25) is 4.68 Å². The molecule has 0 fully saturated rings. The van der Waals surface area contributed by atoms with E-state index in [2.05, 4.69) is 41.6 Å². The van der Waals surface area contributed by atoms with Crippen LogP contribution in [-0.2, 0) is 13.1 Å². The van der Waals surface area contributed by atoms with E-state index in [4.69, 9.17) is 0 Å². The van der Waals surface area contributed by atoms with Crippen LogP contribution in [0.15, 0.2) is 11.6 Å². The fourth-order valence-corrected chi connectivity index (χ4v) is 2.37. The summed E-state index contributed by atoms with van der Waals surface area (Å²) in [5, 5.41) is 11.1. The number of nitrogens with one attached hydrogen (secondary N) is 1. The number of nitrogens with zero attached hydrogens (tertiary/aromatic N) is 3. The van der Waals surface area contributed by atoms with Crippen molar-refractivity contribution >= 4 is 11.3 Å². The van der Waals surface area contributed by atoms with E-state index in [9.17, 15) is 0 Å². The van der Waals surface area contributed by atoms with Crippen LogP contribution in [0.1, 0.15) is 35.8 Å². The Morgan fingerprint density at radius 3 is 2.78 bits per heavy atom. The molecule has 4 nitrogen and oxygen atoms in total. The van der Waals surface area contributed by atoms with Crippen LogP contribution in [0.3, 0.4) is 0 Å². The number of hydrogen-bond acceptors (Lipinski definition) is 4. The average molecular weight is 264 g/mol. The summed E-state index contributed by atoms with van der Waals surface area (Å²) in [6, 6.07) is 0.494. The lowest BCUT2D eigenvalue weighted by molar-refractivity contribution is 0.585. The Balaban J connectivity index is 2.06. The number of rotatable bonds is 5. The Hall–Kier alpha value is -1.20. The summed E-state index contributed by atoms with van der Waals surface area (Å²) in [6.45, 7) is 10.1. The second-order valence-electron chi connectivity index (χ2n) is 4.81. The van der Waals surface area contributed by atoms with Gasteiger partial charge in [-0.1, -0.05) is 13.8 Å². The predicted molar refractivity (Wildman–Crippen MR) is 74.9 cm³/mol. The highest BCUT2D eigenvalue weighted by Gasteiger charge is 2.08. The van der Waals surface area contributed by atoms with Crippen molar-refractivity contribution in [2.24, 2.45) is 0 Å². The van der Waals surface area contributed by atoms with E-state index in [0.717, 1.165) is 23.8 Å². The Morgan fingerprint density at radius 1 is 1.39 bits per heavy atom. The predicted octanol–water partition coefficient (Wildman–Crippen LogP) is 2.50. The van der Waals surface area contributed by atoms with E-state index in [-0.39, 0.29) is 0 Å². The molecule has 0 bridgehead atoms. The summed E-state index contributed by atoms with van der Waals surface area (Å²) < 4.78 is 2.02. The maximum atomic E-state index is 4.47. The average Bonchev–Trinajstić information content (AvgIpc) is 2.86. The van der Waals surface area contributed by atoms with Crippen LogP contribution in [0.5, 0.6) is 0 Å². The van der Waals surface area contributed by atoms with E-state index in [1.807, 2.05) is 17.8 Å². The van der Waals surface area contributed by atoms with E-state index in [1.165, 1.54) is 11.3 Å². The summed E-state index contributed by atoms with van der Waals surface area (Å²) in [5.74, 6) is 0. The highest BCUT2D eigenvalue weighted by atomic mass is 32.1. The summed E-state index contributed by atoms with van der Waals surface area (Å²) in [6.07, 6.45) is 1.95. The zero-order chi connectivity index (χ0) is 13.1. The van der Waals surface area contributed by atoms with Gasteiger partial charge in [-0.15, -0.1) is 11.3 Å². The first-order valence-electron chi connectivity index (χ1n) is 6.22. The van der Waals surface area contributed by atoms with Gasteiger partial charge in [-0.2, -0.15) is 5.10 Å². The topological polar surface area (TPSA) is 42.7 Å². The van der Waals surface area contributed by atoms with Crippen molar-refractivity contribution in [2.45, 2.75) is 46.8 Å². The van der Waals surface area contributed by atoms with Gasteiger partial charge in [0.15, 0.2) is 0 Å². The molecule has 2 aromatic rings. The molecule has 0 aliphatic rings. The molecule has 98 valence electrons. The van der Waals surface area contributed by atoms with E-state index in [0.29, 0.717) is 6.04 Å². The van der Waals surface area contributed by atoms with Crippen LogP contribution in [0.4, 0.5) is 0 Å². The van der Waals surface area contributed by atoms with Crippen LogP contribution < -0.4 is 5.32 Å². The molecular formula is C13H20N4S. The molecule has 0 saturated carbocycles. The second kappa shape index (κ2) is 5.63. The first-order chi connectivity index (χ1) is 8.56. The third kappa shape index (κ3) is 3.17. The first-order valence-corrected chi connectivity index (χ1v) is 7.10. The van der Waals surface area contributed by atoms with Crippen molar-refractivity contribution in [3.8, 4) is 0 Å². The van der Waals surface area contributed by atoms with Gasteiger partial charge < -0.3 is 5.32 Å². The van der Waals surface area contributed by atoms with Crippen LogP contribution in [-0.4, -0.2) is 20.8 Å². The molecule has 0 aromatic carbocycles. The van der Waals surface area contributed by atoms with Gasteiger partial charge in [0.1, 0.15) is 0 Å². The van der Waals surface area contributed by atoms with E-state index >= 15 is 0 Å². The largest absolute Gasteiger partial charge is 0.310 e. The normalized spacial score (nSPS) is 11.4. The highest BCUT2D eigenvalue weighted by Crippen LogP contribution is 2.12. The summed E-state index contributed by atoms with van der Waals surface area (Å²) in [4.78, 5) is 4.47. The summed E-state index contributed by atoms with van der Waals surface area (Å²) >= 11 is 1.69. The van der Waals surface area contributed by atoms with Crippen LogP contribution >= 0.6 is 11.3 Å². The number of hydrogen-bond donors (Lipinski definition) is 1. The van der Waals surface area contributed by atoms with Crippen molar-refractivity contribution < 1.29 is 0 Å². The maximum absolute atomic E-state index is 4.47. The standard InChI is InChI=1S/C13H20N4S/c1-9(2)14-5-12-6-15-17(10(12)3)7-13-8-18-11(4)16-13/h6,8-9,14H,5,7H2,1-4H3. The molecule has 2 rings (SSSR count). The molecule has 0 unspecified atom stereocenters. The van der Waals surface area contributed by atoms with E-state index < -0.39 is 0 Å². The molecule has 1 N–H and O–H groups in total. The molecule has 2 aromatic heterocycles. The van der Waals surface area contributed by atoms with Gasteiger partial charge in [0.25, 0.3) is 0 Å². The minimum atomic E-state index is 0.494. The molecule has 0 aliphatic carbocycles. The minimum absolute atomic E-state index is 0.494. The van der Waals surface area contributed by atoms with Crippen molar-refractivity contribution in [1.82, 2.24) is 20.1 Å². The maximum Gasteiger partial charge on any atom is 0.0898 e. The number of thiazole rings is 1. The van der Waals surface area contributed by atoms with Crippen molar-refractivity contribution in [3.63, 3.8) is 0 Å². The van der Waals surface area contributed by atoms with Crippen LogP contribution in [0.2, 0.25) is 0 Å². The number of aromatic nitrogens is 3. The Bertz CT molecular complexity index is 513. The lowest BCUT2D eigenvalue weighted by Gasteiger charge is -2.08. The molecule has 18 heavy (non-hydrogen) atoms. The minimum Gasteiger partial charge on any atom is -0.310 e. The quantitative estimate of drug-likeness (QED) is 0.902. The van der Waals surface area contributed by atoms with Crippen LogP contribution in [0, 0.1) is 13.8 Å². The fourth-order valence-electron chi connectivity index (χ4n) is 1.77. The third-order valence-corrected chi connectivity index (χ3v) is 3.71. The Labute approximate surface area is 112 Å². The van der Waals surface area contributed by atoms with Gasteiger partial charge >= 0.3 is 0 Å². The molecule has 0 atom stereocenters. The highest BCUT2D eigenvalue weighted by molar-refractivity contribution is 7.09.